The summed E-state index contributed by atoms with van der Waals surface area (Å²) < 4.78 is 0. The van der Waals surface area contributed by atoms with Crippen LogP contribution in [0.2, 0.25) is 5.02 Å². The normalized spacial score (nSPS) is 9.70. The lowest BCUT2D eigenvalue weighted by Crippen LogP contribution is -1.90. The number of hydrogen-bond donors (Lipinski definition) is 3. The second-order valence-corrected chi connectivity index (χ2v) is 2.28. The third kappa shape index (κ3) is 0.953. The number of benzene rings is 1. The third-order valence-electron chi connectivity index (χ3n) is 1.18. The second kappa shape index (κ2) is 2.27. The second-order valence-electron chi connectivity index (χ2n) is 1.91. The first-order valence-electron chi connectivity index (χ1n) is 2.65. The molecule has 1 aromatic rings. The van der Waals surface area contributed by atoms with Gasteiger partial charge < -0.3 is 16.6 Å². The van der Waals surface area contributed by atoms with Crippen molar-refractivity contribution >= 4 is 23.0 Å². The van der Waals surface area contributed by atoms with Gasteiger partial charge in [0.15, 0.2) is 5.75 Å². The molecular weight excluding hydrogens is 152 g/mol. The number of anilines is 2. The molecule has 0 atom stereocenters. The largest absolute Gasteiger partial charge is 0.504 e. The first-order valence-corrected chi connectivity index (χ1v) is 3.03. The fourth-order valence-corrected chi connectivity index (χ4v) is 0.767. The molecule has 3 nitrogen and oxygen atoms in total. The summed E-state index contributed by atoms with van der Waals surface area (Å²) in [4.78, 5) is 0. The van der Waals surface area contributed by atoms with Gasteiger partial charge in [-0.2, -0.15) is 0 Å². The van der Waals surface area contributed by atoms with Gasteiger partial charge in [0.2, 0.25) is 0 Å². The number of phenolic OH excluding ortho intramolecular Hbond substituents is 1. The number of nitrogen functional groups attached to an aromatic ring is 2. The lowest BCUT2D eigenvalue weighted by Gasteiger charge is -2.02. The lowest BCUT2D eigenvalue weighted by atomic mass is 10.2. The number of nitrogens with two attached hydrogens (primary N) is 2. The average molecular weight is 159 g/mol. The van der Waals surface area contributed by atoms with E-state index in [2.05, 4.69) is 0 Å². The highest BCUT2D eigenvalue weighted by Crippen LogP contribution is 2.33. The number of halogens is 1. The van der Waals surface area contributed by atoms with E-state index in [4.69, 9.17) is 28.2 Å². The molecule has 0 unspecified atom stereocenters. The highest BCUT2D eigenvalue weighted by Gasteiger charge is 2.04. The minimum Gasteiger partial charge on any atom is -0.504 e. The van der Waals surface area contributed by atoms with E-state index in [1.54, 1.807) is 0 Å². The number of aromatic hydroxyl groups is 1. The highest BCUT2D eigenvalue weighted by molar-refractivity contribution is 6.34. The van der Waals surface area contributed by atoms with Crippen LogP contribution >= 0.6 is 11.6 Å². The molecule has 0 aliphatic heterocycles. The van der Waals surface area contributed by atoms with Crippen molar-refractivity contribution in [2.75, 3.05) is 11.5 Å². The summed E-state index contributed by atoms with van der Waals surface area (Å²) in [5.41, 5.74) is 11.2. The van der Waals surface area contributed by atoms with Crippen molar-refractivity contribution in [3.63, 3.8) is 0 Å². The summed E-state index contributed by atoms with van der Waals surface area (Å²) >= 11 is 5.53. The van der Waals surface area contributed by atoms with Crippen LogP contribution < -0.4 is 11.5 Å². The van der Waals surface area contributed by atoms with Gasteiger partial charge in [-0.25, -0.2) is 0 Å². The van der Waals surface area contributed by atoms with Crippen LogP contribution in [0.25, 0.3) is 0 Å². The summed E-state index contributed by atoms with van der Waals surface area (Å²) in [6, 6.07) is 3.04. The van der Waals surface area contributed by atoms with Gasteiger partial charge in [-0.15, -0.1) is 0 Å². The number of hydrogen-bond acceptors (Lipinski definition) is 3. The SMILES string of the molecule is Nc1ccc(N)c(Cl)c1O. The monoisotopic (exact) mass is 158 g/mol. The zero-order valence-electron chi connectivity index (χ0n) is 5.13. The number of phenols is 1. The first kappa shape index (κ1) is 7.02. The maximum absolute atomic E-state index is 9.05. The molecule has 0 saturated heterocycles. The molecule has 0 aliphatic rings. The first-order chi connectivity index (χ1) is 4.63. The van der Waals surface area contributed by atoms with Gasteiger partial charge in [0.05, 0.1) is 11.4 Å². The van der Waals surface area contributed by atoms with Crippen LogP contribution in [0, 0.1) is 0 Å². The molecule has 0 saturated carbocycles. The van der Waals surface area contributed by atoms with E-state index in [1.165, 1.54) is 12.1 Å². The van der Waals surface area contributed by atoms with Gasteiger partial charge >= 0.3 is 0 Å². The summed E-state index contributed by atoms with van der Waals surface area (Å²) in [7, 11) is 0. The quantitative estimate of drug-likeness (QED) is 0.393. The third-order valence-corrected chi connectivity index (χ3v) is 1.57. The van der Waals surface area contributed by atoms with Crippen molar-refractivity contribution in [1.29, 1.82) is 0 Å². The topological polar surface area (TPSA) is 72.3 Å². The molecule has 0 radical (unpaired) electrons. The summed E-state index contributed by atoms with van der Waals surface area (Å²) in [5.74, 6) is -0.151. The Balaban J connectivity index is 3.34. The highest BCUT2D eigenvalue weighted by atomic mass is 35.5. The Labute approximate surface area is 63.2 Å². The Kier molecular flexibility index (Phi) is 1.59. The van der Waals surface area contributed by atoms with Gasteiger partial charge in [0.25, 0.3) is 0 Å². The Hall–Kier alpha value is -1.09. The maximum Gasteiger partial charge on any atom is 0.159 e. The van der Waals surface area contributed by atoms with Crippen LogP contribution in [0.4, 0.5) is 11.4 Å². The molecule has 4 heteroatoms. The van der Waals surface area contributed by atoms with Crippen molar-refractivity contribution in [2.24, 2.45) is 0 Å². The van der Waals surface area contributed by atoms with Gasteiger partial charge in [0, 0.05) is 0 Å². The average Bonchev–Trinajstić information content (AvgIpc) is 1.93. The summed E-state index contributed by atoms with van der Waals surface area (Å²) in [5, 5.41) is 9.16. The predicted molar refractivity (Wildman–Crippen MR) is 41.9 cm³/mol. The van der Waals surface area contributed by atoms with E-state index in [0.717, 1.165) is 0 Å². The standard InChI is InChI=1S/C6H7ClN2O/c7-5-3(8)1-2-4(9)6(5)10/h1-2,10H,8-9H2. The fourth-order valence-electron chi connectivity index (χ4n) is 0.595. The van der Waals surface area contributed by atoms with Crippen molar-refractivity contribution in [2.45, 2.75) is 0 Å². The zero-order chi connectivity index (χ0) is 7.72. The molecule has 0 spiro atoms. The van der Waals surface area contributed by atoms with Crippen LogP contribution in [-0.2, 0) is 0 Å². The van der Waals surface area contributed by atoms with E-state index in [1.807, 2.05) is 0 Å². The Bertz CT molecular complexity index is 235. The molecule has 0 amide bonds. The van der Waals surface area contributed by atoms with Gasteiger partial charge in [0.1, 0.15) is 5.02 Å². The molecule has 0 heterocycles. The Morgan fingerprint density at radius 3 is 2.20 bits per heavy atom. The summed E-state index contributed by atoms with van der Waals surface area (Å²) in [6.07, 6.45) is 0. The van der Waals surface area contributed by atoms with E-state index in [9.17, 15) is 0 Å². The molecule has 0 bridgehead atoms. The van der Waals surface area contributed by atoms with Gasteiger partial charge in [-0.1, -0.05) is 11.6 Å². The molecule has 0 aliphatic carbocycles. The zero-order valence-corrected chi connectivity index (χ0v) is 5.89. The van der Waals surface area contributed by atoms with Crippen LogP contribution in [0.15, 0.2) is 12.1 Å². The minimum atomic E-state index is -0.151. The molecule has 1 aromatic carbocycles. The molecule has 5 N–H and O–H groups in total. The fraction of sp³-hybridized carbons (Fsp3) is 0. The van der Waals surface area contributed by atoms with Crippen LogP contribution in [0.3, 0.4) is 0 Å². The van der Waals surface area contributed by atoms with Gasteiger partial charge in [-0.05, 0) is 12.1 Å². The molecule has 0 fully saturated rings. The van der Waals surface area contributed by atoms with Crippen molar-refractivity contribution < 1.29 is 5.11 Å². The summed E-state index contributed by atoms with van der Waals surface area (Å²) in [6.45, 7) is 0. The Morgan fingerprint density at radius 1 is 1.20 bits per heavy atom. The smallest absolute Gasteiger partial charge is 0.159 e. The predicted octanol–water partition coefficient (Wildman–Crippen LogP) is 1.21. The lowest BCUT2D eigenvalue weighted by molar-refractivity contribution is 0.478. The molecule has 0 aromatic heterocycles. The van der Waals surface area contributed by atoms with E-state index < -0.39 is 0 Å². The number of rotatable bonds is 0. The minimum absolute atomic E-state index is 0.111. The van der Waals surface area contributed by atoms with Crippen molar-refractivity contribution in [1.82, 2.24) is 0 Å². The van der Waals surface area contributed by atoms with Crippen LogP contribution in [0.1, 0.15) is 0 Å². The molecule has 1 rings (SSSR count). The van der Waals surface area contributed by atoms with Crippen molar-refractivity contribution in [3.05, 3.63) is 17.2 Å². The van der Waals surface area contributed by atoms with Crippen molar-refractivity contribution in [3.8, 4) is 5.75 Å². The van der Waals surface area contributed by atoms with Crippen LogP contribution in [-0.4, -0.2) is 5.11 Å². The molecular formula is C6H7ClN2O. The Morgan fingerprint density at radius 2 is 1.70 bits per heavy atom. The van der Waals surface area contributed by atoms with E-state index in [0.29, 0.717) is 5.69 Å². The van der Waals surface area contributed by atoms with E-state index in [-0.39, 0.29) is 16.5 Å². The van der Waals surface area contributed by atoms with E-state index >= 15 is 0 Å². The van der Waals surface area contributed by atoms with Crippen LogP contribution in [0.5, 0.6) is 5.75 Å². The molecule has 54 valence electrons. The maximum atomic E-state index is 9.05. The van der Waals surface area contributed by atoms with Gasteiger partial charge in [-0.3, -0.25) is 0 Å². The molecule has 10 heavy (non-hydrogen) atoms.